The quantitative estimate of drug-likeness (QED) is 0.458. The van der Waals surface area contributed by atoms with Crippen LogP contribution >= 0.6 is 0 Å². The van der Waals surface area contributed by atoms with Crippen LogP contribution < -0.4 is 4.72 Å². The summed E-state index contributed by atoms with van der Waals surface area (Å²) in [6.07, 6.45) is 0.248. The molecule has 0 bridgehead atoms. The van der Waals surface area contributed by atoms with Crippen molar-refractivity contribution < 1.29 is 18.4 Å². The number of nitro benzene ring substituents is 1. The zero-order valence-corrected chi connectivity index (χ0v) is 11.5. The number of hydrogen-bond acceptors (Lipinski definition) is 5. The first-order chi connectivity index (χ1) is 8.79. The lowest BCUT2D eigenvalue weighted by Crippen LogP contribution is -2.26. The molecule has 8 heteroatoms. The Balaban J connectivity index is 3.25. The number of sulfonamides is 1. The molecule has 0 spiro atoms. The number of nitrogens with zero attached hydrogens (tertiary/aromatic N) is 1. The average molecular weight is 288 g/mol. The maximum atomic E-state index is 12.0. The van der Waals surface area contributed by atoms with E-state index < -0.39 is 20.6 Å². The predicted molar refractivity (Wildman–Crippen MR) is 69.5 cm³/mol. The Bertz CT molecular complexity index is 583. The lowest BCUT2D eigenvalue weighted by atomic mass is 10.1. The summed E-state index contributed by atoms with van der Waals surface area (Å²) >= 11 is 0. The van der Waals surface area contributed by atoms with Gasteiger partial charge in [-0.25, -0.2) is 13.1 Å². The van der Waals surface area contributed by atoms with E-state index in [4.69, 9.17) is 5.11 Å². The molecule has 1 aromatic rings. The molecule has 0 aliphatic carbocycles. The summed E-state index contributed by atoms with van der Waals surface area (Å²) in [5.74, 6) is 0. The molecule has 0 aliphatic rings. The van der Waals surface area contributed by atoms with Crippen LogP contribution in [0.2, 0.25) is 0 Å². The molecule has 106 valence electrons. The summed E-state index contributed by atoms with van der Waals surface area (Å²) in [6.45, 7) is 3.24. The Labute approximate surface area is 111 Å². The zero-order chi connectivity index (χ0) is 14.6. The number of aliphatic hydroxyl groups is 1. The smallest absolute Gasteiger partial charge is 0.289 e. The second-order valence-corrected chi connectivity index (χ2v) is 5.87. The fraction of sp³-hybridized carbons (Fsp3) is 0.455. The van der Waals surface area contributed by atoms with E-state index in [0.29, 0.717) is 11.1 Å². The Hall–Kier alpha value is -1.51. The van der Waals surface area contributed by atoms with Crippen LogP contribution in [0, 0.1) is 24.0 Å². The highest BCUT2D eigenvalue weighted by atomic mass is 32.2. The van der Waals surface area contributed by atoms with Crippen LogP contribution in [-0.2, 0) is 10.0 Å². The first-order valence-corrected chi connectivity index (χ1v) is 7.14. The topological polar surface area (TPSA) is 110 Å². The highest BCUT2D eigenvalue weighted by Crippen LogP contribution is 2.27. The highest BCUT2D eigenvalue weighted by molar-refractivity contribution is 7.89. The van der Waals surface area contributed by atoms with Crippen LogP contribution in [0.25, 0.3) is 0 Å². The molecule has 0 heterocycles. The van der Waals surface area contributed by atoms with E-state index in [0.717, 1.165) is 0 Å². The standard InChI is InChI=1S/C11H16N2O5S/c1-8-6-10(13(15)16)11(7-9(8)2)19(17,18)12-4-3-5-14/h6-7,12,14H,3-5H2,1-2H3. The Kier molecular flexibility index (Phi) is 4.98. The molecule has 0 amide bonds. The number of aliphatic hydroxyl groups excluding tert-OH is 1. The fourth-order valence-electron chi connectivity index (χ4n) is 1.50. The average Bonchev–Trinajstić information content (AvgIpc) is 2.31. The zero-order valence-electron chi connectivity index (χ0n) is 10.7. The number of rotatable bonds is 6. The minimum absolute atomic E-state index is 0.0307. The molecule has 0 aromatic heterocycles. The van der Waals surface area contributed by atoms with E-state index in [9.17, 15) is 18.5 Å². The maximum absolute atomic E-state index is 12.0. The molecule has 19 heavy (non-hydrogen) atoms. The number of nitrogens with one attached hydrogen (secondary N) is 1. The van der Waals surface area contributed by atoms with Crippen molar-refractivity contribution in [3.63, 3.8) is 0 Å². The minimum Gasteiger partial charge on any atom is -0.396 e. The highest BCUT2D eigenvalue weighted by Gasteiger charge is 2.26. The van der Waals surface area contributed by atoms with E-state index in [-0.39, 0.29) is 24.5 Å². The monoisotopic (exact) mass is 288 g/mol. The van der Waals surface area contributed by atoms with Gasteiger partial charge in [0.05, 0.1) is 4.92 Å². The Morgan fingerprint density at radius 3 is 2.42 bits per heavy atom. The van der Waals surface area contributed by atoms with Gasteiger partial charge in [-0.3, -0.25) is 10.1 Å². The molecule has 0 saturated carbocycles. The second-order valence-electron chi connectivity index (χ2n) is 4.14. The summed E-state index contributed by atoms with van der Waals surface area (Å²) in [7, 11) is -3.95. The van der Waals surface area contributed by atoms with Gasteiger partial charge in [0.25, 0.3) is 5.69 Å². The van der Waals surface area contributed by atoms with Crippen LogP contribution in [0.5, 0.6) is 0 Å². The number of nitro groups is 1. The summed E-state index contributed by atoms with van der Waals surface area (Å²) in [6, 6.07) is 2.53. The van der Waals surface area contributed by atoms with E-state index >= 15 is 0 Å². The SMILES string of the molecule is Cc1cc([N+](=O)[O-])c(S(=O)(=O)NCCCO)cc1C. The van der Waals surface area contributed by atoms with Gasteiger partial charge in [0.1, 0.15) is 0 Å². The minimum atomic E-state index is -3.95. The van der Waals surface area contributed by atoms with Gasteiger partial charge in [-0.05, 0) is 37.5 Å². The summed E-state index contributed by atoms with van der Waals surface area (Å²) in [5.41, 5.74) is 0.869. The summed E-state index contributed by atoms with van der Waals surface area (Å²) in [5, 5.41) is 19.5. The van der Waals surface area contributed by atoms with Crippen LogP contribution in [0.1, 0.15) is 17.5 Å². The van der Waals surface area contributed by atoms with Gasteiger partial charge in [-0.2, -0.15) is 0 Å². The number of benzene rings is 1. The number of hydrogen-bond donors (Lipinski definition) is 2. The molecule has 0 aliphatic heterocycles. The first-order valence-electron chi connectivity index (χ1n) is 5.65. The van der Waals surface area contributed by atoms with E-state index in [1.807, 2.05) is 0 Å². The van der Waals surface area contributed by atoms with Gasteiger partial charge >= 0.3 is 0 Å². The Morgan fingerprint density at radius 1 is 1.32 bits per heavy atom. The van der Waals surface area contributed by atoms with Crippen molar-refractivity contribution in [1.82, 2.24) is 4.72 Å². The molecule has 1 rings (SSSR count). The third-order valence-corrected chi connectivity index (χ3v) is 4.18. The van der Waals surface area contributed by atoms with Crippen molar-refractivity contribution in [2.75, 3.05) is 13.2 Å². The van der Waals surface area contributed by atoms with Gasteiger partial charge in [-0.1, -0.05) is 0 Å². The van der Waals surface area contributed by atoms with Crippen molar-refractivity contribution in [1.29, 1.82) is 0 Å². The van der Waals surface area contributed by atoms with Gasteiger partial charge < -0.3 is 5.11 Å². The molecule has 1 aromatic carbocycles. The molecule has 0 radical (unpaired) electrons. The van der Waals surface area contributed by atoms with E-state index in [1.54, 1.807) is 13.8 Å². The third-order valence-electron chi connectivity index (χ3n) is 2.69. The number of aryl methyl sites for hydroxylation is 2. The first kappa shape index (κ1) is 15.5. The lowest BCUT2D eigenvalue weighted by molar-refractivity contribution is -0.387. The lowest BCUT2D eigenvalue weighted by Gasteiger charge is -2.09. The molecule has 0 saturated heterocycles. The van der Waals surface area contributed by atoms with Gasteiger partial charge in [0.2, 0.25) is 10.0 Å². The van der Waals surface area contributed by atoms with Crippen molar-refractivity contribution in [3.05, 3.63) is 33.4 Å². The largest absolute Gasteiger partial charge is 0.396 e. The van der Waals surface area contributed by atoms with E-state index in [1.165, 1.54) is 12.1 Å². The fourth-order valence-corrected chi connectivity index (χ4v) is 2.81. The second kappa shape index (κ2) is 6.09. The molecular formula is C11H16N2O5S. The van der Waals surface area contributed by atoms with Crippen molar-refractivity contribution in [3.8, 4) is 0 Å². The maximum Gasteiger partial charge on any atom is 0.289 e. The van der Waals surface area contributed by atoms with Crippen molar-refractivity contribution in [2.24, 2.45) is 0 Å². The summed E-state index contributed by atoms with van der Waals surface area (Å²) in [4.78, 5) is 9.87. The van der Waals surface area contributed by atoms with Crippen LogP contribution in [0.15, 0.2) is 17.0 Å². The van der Waals surface area contributed by atoms with Crippen LogP contribution in [0.3, 0.4) is 0 Å². The van der Waals surface area contributed by atoms with Crippen LogP contribution in [-0.4, -0.2) is 31.6 Å². The molecule has 2 N–H and O–H groups in total. The molecule has 0 unspecified atom stereocenters. The molecule has 0 fully saturated rings. The molecule has 0 atom stereocenters. The van der Waals surface area contributed by atoms with Gasteiger partial charge in [-0.15, -0.1) is 0 Å². The molecule has 7 nitrogen and oxygen atoms in total. The van der Waals surface area contributed by atoms with Gasteiger partial charge in [0.15, 0.2) is 4.90 Å². The van der Waals surface area contributed by atoms with Gasteiger partial charge in [0, 0.05) is 19.2 Å². The van der Waals surface area contributed by atoms with E-state index in [2.05, 4.69) is 4.72 Å². The summed E-state index contributed by atoms with van der Waals surface area (Å²) < 4.78 is 26.2. The Morgan fingerprint density at radius 2 is 1.89 bits per heavy atom. The third kappa shape index (κ3) is 3.72. The van der Waals surface area contributed by atoms with Crippen LogP contribution in [0.4, 0.5) is 5.69 Å². The van der Waals surface area contributed by atoms with Crippen molar-refractivity contribution in [2.45, 2.75) is 25.2 Å². The molecular weight excluding hydrogens is 272 g/mol. The normalized spacial score (nSPS) is 11.5. The predicted octanol–water partition coefficient (Wildman–Crippen LogP) is 0.872. The van der Waals surface area contributed by atoms with Crippen molar-refractivity contribution >= 4 is 15.7 Å².